The Morgan fingerprint density at radius 3 is 3.09 bits per heavy atom. The van der Waals surface area contributed by atoms with Gasteiger partial charge in [-0.25, -0.2) is 9.37 Å². The number of rotatable bonds is 4. The number of nitrogens with zero attached hydrogens (tertiary/aromatic N) is 3. The van der Waals surface area contributed by atoms with Crippen LogP contribution in [0.2, 0.25) is 0 Å². The lowest BCUT2D eigenvalue weighted by molar-refractivity contribution is 0.192. The predicted molar refractivity (Wildman–Crippen MR) is 75.9 cm³/mol. The van der Waals surface area contributed by atoms with Crippen LogP contribution in [0.15, 0.2) is 22.7 Å². The average molecular weight is 302 g/mol. The summed E-state index contributed by atoms with van der Waals surface area (Å²) in [6.45, 7) is 1.41. The normalized spacial score (nSPS) is 18.3. The molecule has 0 unspecified atom stereocenters. The van der Waals surface area contributed by atoms with Crippen LogP contribution in [0.5, 0.6) is 0 Å². The van der Waals surface area contributed by atoms with E-state index in [9.17, 15) is 4.39 Å². The molecule has 2 aromatic heterocycles. The first-order chi connectivity index (χ1) is 10.8. The molecule has 0 spiro atoms. The number of aromatic amines is 1. The fourth-order valence-electron chi connectivity index (χ4n) is 2.65. The molecule has 1 fully saturated rings. The maximum Gasteiger partial charge on any atom is 0.227 e. The van der Waals surface area contributed by atoms with Gasteiger partial charge in [0.15, 0.2) is 5.82 Å². The van der Waals surface area contributed by atoms with Crippen LogP contribution in [0.1, 0.15) is 29.9 Å². The summed E-state index contributed by atoms with van der Waals surface area (Å²) in [4.78, 5) is 11.9. The Bertz CT molecular complexity index is 792. The standard InChI is InChI=1S/C15H15FN4O2/c16-10-1-2-11-12(7-10)18-13(17-11)3-4-14-19-15(20-22-14)9-5-6-21-8-9/h1-2,7,9H,3-6,8H2,(H,17,18)/t9-/m1/s1. The highest BCUT2D eigenvalue weighted by molar-refractivity contribution is 5.74. The molecule has 1 aromatic carbocycles. The number of benzene rings is 1. The van der Waals surface area contributed by atoms with E-state index in [4.69, 9.17) is 9.26 Å². The van der Waals surface area contributed by atoms with Crippen molar-refractivity contribution in [3.8, 4) is 0 Å². The Hall–Kier alpha value is -2.28. The molecule has 0 saturated carbocycles. The molecule has 3 aromatic rings. The summed E-state index contributed by atoms with van der Waals surface area (Å²) in [6.07, 6.45) is 2.18. The van der Waals surface area contributed by atoms with Gasteiger partial charge in [0.1, 0.15) is 11.6 Å². The highest BCUT2D eigenvalue weighted by atomic mass is 19.1. The number of nitrogens with one attached hydrogen (secondary N) is 1. The van der Waals surface area contributed by atoms with Crippen molar-refractivity contribution in [2.75, 3.05) is 13.2 Å². The molecular formula is C15H15FN4O2. The highest BCUT2D eigenvalue weighted by Gasteiger charge is 2.23. The number of imidazole rings is 1. The van der Waals surface area contributed by atoms with Gasteiger partial charge >= 0.3 is 0 Å². The van der Waals surface area contributed by atoms with Crippen LogP contribution >= 0.6 is 0 Å². The first kappa shape index (κ1) is 13.4. The first-order valence-electron chi connectivity index (χ1n) is 7.32. The maximum absolute atomic E-state index is 13.2. The van der Waals surface area contributed by atoms with Crippen LogP contribution in [0.4, 0.5) is 4.39 Å². The van der Waals surface area contributed by atoms with E-state index in [0.717, 1.165) is 30.2 Å². The largest absolute Gasteiger partial charge is 0.381 e. The Balaban J connectivity index is 1.44. The lowest BCUT2D eigenvalue weighted by atomic mass is 10.1. The molecule has 0 aliphatic carbocycles. The minimum Gasteiger partial charge on any atom is -0.381 e. The molecular weight excluding hydrogens is 287 g/mol. The summed E-state index contributed by atoms with van der Waals surface area (Å²) in [5, 5.41) is 4.02. The number of H-pyrrole nitrogens is 1. The third kappa shape index (κ3) is 2.59. The van der Waals surface area contributed by atoms with Crippen molar-refractivity contribution in [2.45, 2.75) is 25.2 Å². The summed E-state index contributed by atoms with van der Waals surface area (Å²) in [7, 11) is 0. The first-order valence-corrected chi connectivity index (χ1v) is 7.32. The van der Waals surface area contributed by atoms with Crippen LogP contribution in [0, 0.1) is 5.82 Å². The van der Waals surface area contributed by atoms with Gasteiger partial charge in [-0.3, -0.25) is 0 Å². The molecule has 22 heavy (non-hydrogen) atoms. The Labute approximate surface area is 125 Å². The van der Waals surface area contributed by atoms with Crippen molar-refractivity contribution in [2.24, 2.45) is 0 Å². The van der Waals surface area contributed by atoms with Gasteiger partial charge in [-0.15, -0.1) is 0 Å². The fraction of sp³-hybridized carbons (Fsp3) is 0.400. The summed E-state index contributed by atoms with van der Waals surface area (Å²) in [6, 6.07) is 4.51. The monoisotopic (exact) mass is 302 g/mol. The van der Waals surface area contributed by atoms with E-state index < -0.39 is 0 Å². The molecule has 0 bridgehead atoms. The number of hydrogen-bond acceptors (Lipinski definition) is 5. The van der Waals surface area contributed by atoms with Crippen LogP contribution in [0.25, 0.3) is 11.0 Å². The van der Waals surface area contributed by atoms with E-state index >= 15 is 0 Å². The molecule has 6 nitrogen and oxygen atoms in total. The molecule has 0 radical (unpaired) electrons. The molecule has 1 aliphatic heterocycles. The SMILES string of the molecule is Fc1ccc2nc(CCc3nc([C@@H]4CCOC4)no3)[nH]c2c1. The number of halogens is 1. The number of fused-ring (bicyclic) bond motifs is 1. The van der Waals surface area contributed by atoms with Crippen molar-refractivity contribution >= 4 is 11.0 Å². The van der Waals surface area contributed by atoms with Crippen LogP contribution in [-0.2, 0) is 17.6 Å². The van der Waals surface area contributed by atoms with Crippen LogP contribution in [0.3, 0.4) is 0 Å². The summed E-state index contributed by atoms with van der Waals surface area (Å²) >= 11 is 0. The van der Waals surface area contributed by atoms with Gasteiger partial charge in [0, 0.05) is 25.4 Å². The lowest BCUT2D eigenvalue weighted by Gasteiger charge is -1.97. The van der Waals surface area contributed by atoms with Gasteiger partial charge in [0.25, 0.3) is 0 Å². The quantitative estimate of drug-likeness (QED) is 0.800. The topological polar surface area (TPSA) is 76.8 Å². The Morgan fingerprint density at radius 2 is 2.23 bits per heavy atom. The van der Waals surface area contributed by atoms with Crippen molar-refractivity contribution in [3.63, 3.8) is 0 Å². The molecule has 114 valence electrons. The summed E-state index contributed by atoms with van der Waals surface area (Å²) in [5.74, 6) is 2.06. The van der Waals surface area contributed by atoms with E-state index in [1.165, 1.54) is 12.1 Å². The van der Waals surface area contributed by atoms with Crippen LogP contribution in [-0.4, -0.2) is 33.3 Å². The molecule has 1 saturated heterocycles. The third-order valence-electron chi connectivity index (χ3n) is 3.85. The summed E-state index contributed by atoms with van der Waals surface area (Å²) < 4.78 is 23.8. The van der Waals surface area contributed by atoms with E-state index in [-0.39, 0.29) is 11.7 Å². The number of aromatic nitrogens is 4. The zero-order valence-corrected chi connectivity index (χ0v) is 11.9. The Morgan fingerprint density at radius 1 is 1.27 bits per heavy atom. The zero-order chi connectivity index (χ0) is 14.9. The molecule has 3 heterocycles. The molecule has 0 amide bonds. The second kappa shape index (κ2) is 5.49. The van der Waals surface area contributed by atoms with Crippen molar-refractivity contribution in [1.82, 2.24) is 20.1 Å². The molecule has 7 heteroatoms. The van der Waals surface area contributed by atoms with Crippen molar-refractivity contribution in [1.29, 1.82) is 0 Å². The number of aryl methyl sites for hydroxylation is 2. The number of hydrogen-bond donors (Lipinski definition) is 1. The molecule has 4 rings (SSSR count). The van der Waals surface area contributed by atoms with Gasteiger partial charge in [-0.2, -0.15) is 4.98 Å². The maximum atomic E-state index is 13.2. The van der Waals surface area contributed by atoms with Gasteiger partial charge in [0.05, 0.1) is 17.6 Å². The fourth-order valence-corrected chi connectivity index (χ4v) is 2.65. The zero-order valence-electron chi connectivity index (χ0n) is 11.9. The molecule has 1 aliphatic rings. The van der Waals surface area contributed by atoms with Crippen molar-refractivity contribution < 1.29 is 13.7 Å². The van der Waals surface area contributed by atoms with E-state index in [1.54, 1.807) is 6.07 Å². The van der Waals surface area contributed by atoms with E-state index in [1.807, 2.05) is 0 Å². The second-order valence-corrected chi connectivity index (χ2v) is 5.45. The minimum absolute atomic E-state index is 0.242. The van der Waals surface area contributed by atoms with Gasteiger partial charge in [0.2, 0.25) is 5.89 Å². The lowest BCUT2D eigenvalue weighted by Crippen LogP contribution is -2.00. The highest BCUT2D eigenvalue weighted by Crippen LogP contribution is 2.22. The third-order valence-corrected chi connectivity index (χ3v) is 3.85. The Kier molecular flexibility index (Phi) is 3.34. The van der Waals surface area contributed by atoms with Gasteiger partial charge in [-0.05, 0) is 24.6 Å². The smallest absolute Gasteiger partial charge is 0.227 e. The molecule has 1 atom stereocenters. The average Bonchev–Trinajstić information content (AvgIpc) is 3.24. The van der Waals surface area contributed by atoms with Crippen LogP contribution < -0.4 is 0 Å². The van der Waals surface area contributed by atoms with E-state index in [0.29, 0.717) is 30.9 Å². The predicted octanol–water partition coefficient (Wildman–Crippen LogP) is 2.37. The number of ether oxygens (including phenoxy) is 1. The van der Waals surface area contributed by atoms with Crippen molar-refractivity contribution in [3.05, 3.63) is 41.6 Å². The molecule has 1 N–H and O–H groups in total. The minimum atomic E-state index is -0.275. The van der Waals surface area contributed by atoms with Gasteiger partial charge < -0.3 is 14.2 Å². The summed E-state index contributed by atoms with van der Waals surface area (Å²) in [5.41, 5.74) is 1.45. The van der Waals surface area contributed by atoms with E-state index in [2.05, 4.69) is 20.1 Å². The van der Waals surface area contributed by atoms with Gasteiger partial charge in [-0.1, -0.05) is 5.16 Å². The second-order valence-electron chi connectivity index (χ2n) is 5.45.